The SMILES string of the molecule is COc1ccc(C(C)N2CC(c3nc(-c4ccc(Br)cc4)no3)CC2=O)cc1. The van der Waals surface area contributed by atoms with Gasteiger partial charge in [0.1, 0.15) is 5.75 Å². The van der Waals surface area contributed by atoms with Gasteiger partial charge in [0, 0.05) is 23.0 Å². The number of carbonyl (C=O) groups is 1. The van der Waals surface area contributed by atoms with Crippen LogP contribution in [0.2, 0.25) is 0 Å². The highest BCUT2D eigenvalue weighted by atomic mass is 79.9. The Morgan fingerprint density at radius 2 is 1.89 bits per heavy atom. The summed E-state index contributed by atoms with van der Waals surface area (Å²) < 4.78 is 11.7. The molecule has 1 saturated heterocycles. The summed E-state index contributed by atoms with van der Waals surface area (Å²) in [6.07, 6.45) is 0.377. The molecule has 2 unspecified atom stereocenters. The number of rotatable bonds is 5. The van der Waals surface area contributed by atoms with Gasteiger partial charge in [0.15, 0.2) is 0 Å². The van der Waals surface area contributed by atoms with E-state index in [-0.39, 0.29) is 17.9 Å². The lowest BCUT2D eigenvalue weighted by Gasteiger charge is -2.25. The monoisotopic (exact) mass is 441 g/mol. The molecule has 0 aliphatic carbocycles. The molecule has 1 aromatic heterocycles. The van der Waals surface area contributed by atoms with Crippen LogP contribution in [0.5, 0.6) is 5.75 Å². The zero-order chi connectivity index (χ0) is 19.7. The van der Waals surface area contributed by atoms with Crippen LogP contribution >= 0.6 is 15.9 Å². The Labute approximate surface area is 171 Å². The molecule has 0 N–H and O–H groups in total. The summed E-state index contributed by atoms with van der Waals surface area (Å²) in [7, 11) is 1.64. The second kappa shape index (κ2) is 7.75. The molecule has 0 spiro atoms. The molecule has 6 nitrogen and oxygen atoms in total. The highest BCUT2D eigenvalue weighted by molar-refractivity contribution is 9.10. The molecule has 1 amide bonds. The van der Waals surface area contributed by atoms with Gasteiger partial charge in [0.05, 0.1) is 19.1 Å². The van der Waals surface area contributed by atoms with E-state index in [1.54, 1.807) is 7.11 Å². The molecule has 2 atom stereocenters. The van der Waals surface area contributed by atoms with Crippen molar-refractivity contribution in [2.24, 2.45) is 0 Å². The first-order valence-corrected chi connectivity index (χ1v) is 9.87. The molecule has 144 valence electrons. The predicted molar refractivity (Wildman–Crippen MR) is 108 cm³/mol. The summed E-state index contributed by atoms with van der Waals surface area (Å²) in [5.41, 5.74) is 1.95. The van der Waals surface area contributed by atoms with Gasteiger partial charge in [-0.1, -0.05) is 33.2 Å². The topological polar surface area (TPSA) is 68.5 Å². The number of nitrogens with zero attached hydrogens (tertiary/aromatic N) is 3. The van der Waals surface area contributed by atoms with E-state index in [1.807, 2.05) is 60.4 Å². The van der Waals surface area contributed by atoms with Gasteiger partial charge in [-0.05, 0) is 48.9 Å². The third kappa shape index (κ3) is 3.67. The Kier molecular flexibility index (Phi) is 5.17. The summed E-state index contributed by atoms with van der Waals surface area (Å²) in [4.78, 5) is 19.0. The Morgan fingerprint density at radius 1 is 1.18 bits per heavy atom. The molecule has 1 aliphatic rings. The molecule has 2 heterocycles. The van der Waals surface area contributed by atoms with Crippen LogP contribution in [-0.4, -0.2) is 34.6 Å². The minimum atomic E-state index is -0.0927. The van der Waals surface area contributed by atoms with Crippen molar-refractivity contribution in [3.8, 4) is 17.1 Å². The highest BCUT2D eigenvalue weighted by Crippen LogP contribution is 2.34. The average molecular weight is 442 g/mol. The Hall–Kier alpha value is -2.67. The molecule has 0 radical (unpaired) electrons. The number of halogens is 1. The van der Waals surface area contributed by atoms with Crippen molar-refractivity contribution >= 4 is 21.8 Å². The van der Waals surface area contributed by atoms with Crippen molar-refractivity contribution < 1.29 is 14.1 Å². The average Bonchev–Trinajstić information content (AvgIpc) is 3.35. The number of hydrogen-bond acceptors (Lipinski definition) is 5. The first-order valence-electron chi connectivity index (χ1n) is 9.08. The fourth-order valence-corrected chi connectivity index (χ4v) is 3.72. The van der Waals surface area contributed by atoms with Gasteiger partial charge in [-0.2, -0.15) is 4.98 Å². The Bertz CT molecular complexity index is 969. The minimum absolute atomic E-state index is 0.0303. The van der Waals surface area contributed by atoms with Crippen LogP contribution in [-0.2, 0) is 4.79 Å². The van der Waals surface area contributed by atoms with Crippen molar-refractivity contribution in [3.63, 3.8) is 0 Å². The normalized spacial score (nSPS) is 17.8. The first-order chi connectivity index (χ1) is 13.5. The number of likely N-dealkylation sites (tertiary alicyclic amines) is 1. The summed E-state index contributed by atoms with van der Waals surface area (Å²) >= 11 is 3.42. The standard InChI is InChI=1S/C21H20BrN3O3/c1-13(14-5-9-18(27-2)10-6-14)25-12-16(11-19(25)26)21-23-20(24-28-21)15-3-7-17(22)8-4-15/h3-10,13,16H,11-12H2,1-2H3. The van der Waals surface area contributed by atoms with E-state index in [1.165, 1.54) is 0 Å². The van der Waals surface area contributed by atoms with Gasteiger partial charge in [-0.25, -0.2) is 0 Å². The number of carbonyl (C=O) groups excluding carboxylic acids is 1. The predicted octanol–water partition coefficient (Wildman–Crippen LogP) is 4.58. The number of methoxy groups -OCH3 is 1. The molecule has 1 fully saturated rings. The smallest absolute Gasteiger partial charge is 0.232 e. The van der Waals surface area contributed by atoms with E-state index >= 15 is 0 Å². The van der Waals surface area contributed by atoms with E-state index in [0.29, 0.717) is 24.7 Å². The second-order valence-corrected chi connectivity index (χ2v) is 7.78. The van der Waals surface area contributed by atoms with Gasteiger partial charge in [0.25, 0.3) is 0 Å². The van der Waals surface area contributed by atoms with Crippen LogP contribution in [0.4, 0.5) is 0 Å². The highest BCUT2D eigenvalue weighted by Gasteiger charge is 2.37. The fraction of sp³-hybridized carbons (Fsp3) is 0.286. The van der Waals surface area contributed by atoms with Gasteiger partial charge in [-0.3, -0.25) is 4.79 Å². The van der Waals surface area contributed by atoms with Crippen molar-refractivity contribution in [3.05, 3.63) is 64.5 Å². The van der Waals surface area contributed by atoms with Crippen LogP contribution in [0.1, 0.15) is 36.8 Å². The first kappa shape index (κ1) is 18.7. The minimum Gasteiger partial charge on any atom is -0.497 e. The molecule has 7 heteroatoms. The molecule has 28 heavy (non-hydrogen) atoms. The van der Waals surface area contributed by atoms with Crippen LogP contribution in [0.15, 0.2) is 57.5 Å². The summed E-state index contributed by atoms with van der Waals surface area (Å²) in [6, 6.07) is 15.5. The van der Waals surface area contributed by atoms with Gasteiger partial charge < -0.3 is 14.2 Å². The van der Waals surface area contributed by atoms with Crippen LogP contribution in [0.25, 0.3) is 11.4 Å². The molecule has 3 aromatic rings. The molecule has 4 rings (SSSR count). The number of benzene rings is 2. The number of amides is 1. The summed E-state index contributed by atoms with van der Waals surface area (Å²) in [5.74, 6) is 1.85. The zero-order valence-electron chi connectivity index (χ0n) is 15.6. The Balaban J connectivity index is 1.49. The number of aromatic nitrogens is 2. The number of ether oxygens (including phenoxy) is 1. The maximum Gasteiger partial charge on any atom is 0.232 e. The van der Waals surface area contributed by atoms with Crippen molar-refractivity contribution in [2.75, 3.05) is 13.7 Å². The van der Waals surface area contributed by atoms with Gasteiger partial charge in [-0.15, -0.1) is 0 Å². The Morgan fingerprint density at radius 3 is 2.57 bits per heavy atom. The molecular formula is C21H20BrN3O3. The van der Waals surface area contributed by atoms with E-state index in [4.69, 9.17) is 9.26 Å². The van der Waals surface area contributed by atoms with Crippen LogP contribution in [0, 0.1) is 0 Å². The molecule has 2 aromatic carbocycles. The van der Waals surface area contributed by atoms with E-state index in [0.717, 1.165) is 21.3 Å². The van der Waals surface area contributed by atoms with Crippen LogP contribution in [0.3, 0.4) is 0 Å². The van der Waals surface area contributed by atoms with Gasteiger partial charge in [0.2, 0.25) is 17.6 Å². The maximum atomic E-state index is 12.6. The summed E-state index contributed by atoms with van der Waals surface area (Å²) in [6.45, 7) is 2.59. The number of hydrogen-bond donors (Lipinski definition) is 0. The quantitative estimate of drug-likeness (QED) is 0.579. The van der Waals surface area contributed by atoms with Gasteiger partial charge >= 0.3 is 0 Å². The molecule has 1 aliphatic heterocycles. The van der Waals surface area contributed by atoms with Crippen molar-refractivity contribution in [1.29, 1.82) is 0 Å². The van der Waals surface area contributed by atoms with E-state index in [9.17, 15) is 4.79 Å². The second-order valence-electron chi connectivity index (χ2n) is 6.86. The van der Waals surface area contributed by atoms with Crippen LogP contribution < -0.4 is 4.74 Å². The van der Waals surface area contributed by atoms with Crippen molar-refractivity contribution in [2.45, 2.75) is 25.3 Å². The van der Waals surface area contributed by atoms with Crippen molar-refractivity contribution in [1.82, 2.24) is 15.0 Å². The zero-order valence-corrected chi connectivity index (χ0v) is 17.2. The third-order valence-corrected chi connectivity index (χ3v) is 5.65. The van der Waals surface area contributed by atoms with E-state index in [2.05, 4.69) is 26.1 Å². The van der Waals surface area contributed by atoms with E-state index < -0.39 is 0 Å². The largest absolute Gasteiger partial charge is 0.497 e. The molecular weight excluding hydrogens is 422 g/mol. The lowest BCUT2D eigenvalue weighted by Crippen LogP contribution is -2.28. The third-order valence-electron chi connectivity index (χ3n) is 5.12. The fourth-order valence-electron chi connectivity index (χ4n) is 3.45. The maximum absolute atomic E-state index is 12.6. The lowest BCUT2D eigenvalue weighted by atomic mass is 10.1. The molecule has 0 saturated carbocycles. The summed E-state index contributed by atoms with van der Waals surface area (Å²) in [5, 5.41) is 4.09. The lowest BCUT2D eigenvalue weighted by molar-refractivity contribution is -0.129. The molecule has 0 bridgehead atoms.